The van der Waals surface area contributed by atoms with Crippen molar-refractivity contribution in [3.8, 4) is 0 Å². The molecule has 3 heteroatoms. The highest BCUT2D eigenvalue weighted by Crippen LogP contribution is 2.18. The molecule has 3 nitrogen and oxygen atoms in total. The van der Waals surface area contributed by atoms with Crippen LogP contribution in [0.15, 0.2) is 54.6 Å². The summed E-state index contributed by atoms with van der Waals surface area (Å²) >= 11 is 0. The molecule has 1 saturated heterocycles. The van der Waals surface area contributed by atoms with Gasteiger partial charge in [-0.2, -0.15) is 0 Å². The van der Waals surface area contributed by atoms with E-state index in [0.29, 0.717) is 18.4 Å². The summed E-state index contributed by atoms with van der Waals surface area (Å²) < 4.78 is 0. The van der Waals surface area contributed by atoms with Crippen LogP contribution in [0, 0.1) is 0 Å². The minimum absolute atomic E-state index is 0.269. The number of amides is 1. The molecule has 2 aromatic carbocycles. The van der Waals surface area contributed by atoms with Gasteiger partial charge in [0.25, 0.3) is 0 Å². The lowest BCUT2D eigenvalue weighted by atomic mass is 10.0. The van der Waals surface area contributed by atoms with Crippen LogP contribution < -0.4 is 5.32 Å². The summed E-state index contributed by atoms with van der Waals surface area (Å²) in [6, 6.07) is 19.3. The van der Waals surface area contributed by atoms with E-state index >= 15 is 0 Å². The van der Waals surface area contributed by atoms with Crippen molar-refractivity contribution in [3.05, 3.63) is 65.7 Å². The fourth-order valence-electron chi connectivity index (χ4n) is 3.35. The van der Waals surface area contributed by atoms with Gasteiger partial charge < -0.3 is 10.2 Å². The van der Waals surface area contributed by atoms with Gasteiger partial charge in [-0.1, -0.05) is 56.3 Å². The molecule has 1 atom stereocenters. The Kier molecular flexibility index (Phi) is 5.75. The number of para-hydroxylation sites is 1. The lowest BCUT2D eigenvalue weighted by molar-refractivity contribution is -0.130. The third-order valence-corrected chi connectivity index (χ3v) is 4.96. The molecule has 0 radical (unpaired) electrons. The van der Waals surface area contributed by atoms with Crippen LogP contribution >= 0.6 is 0 Å². The Balaban J connectivity index is 1.46. The normalized spacial score (nSPS) is 17.1. The number of nitrogens with one attached hydrogen (secondary N) is 1. The maximum Gasteiger partial charge on any atom is 0.222 e. The van der Waals surface area contributed by atoms with Gasteiger partial charge in [0.05, 0.1) is 0 Å². The summed E-state index contributed by atoms with van der Waals surface area (Å²) in [5.41, 5.74) is 3.73. The summed E-state index contributed by atoms with van der Waals surface area (Å²) in [6.07, 6.45) is 2.44. The number of anilines is 1. The van der Waals surface area contributed by atoms with Crippen molar-refractivity contribution in [2.24, 2.45) is 0 Å². The predicted octanol–water partition coefficient (Wildman–Crippen LogP) is 4.46. The van der Waals surface area contributed by atoms with Crippen LogP contribution in [0.1, 0.15) is 43.7 Å². The zero-order valence-electron chi connectivity index (χ0n) is 15.2. The van der Waals surface area contributed by atoms with Crippen LogP contribution in [0.4, 0.5) is 5.69 Å². The van der Waals surface area contributed by atoms with E-state index in [0.717, 1.165) is 31.6 Å². The summed E-state index contributed by atoms with van der Waals surface area (Å²) in [5.74, 6) is 0.819. The maximum absolute atomic E-state index is 12.5. The molecule has 1 amide bonds. The molecular formula is C22H28N2O. The van der Waals surface area contributed by atoms with Gasteiger partial charge in [0, 0.05) is 31.2 Å². The SMILES string of the molecule is CC(C)c1ccc(CCC(=O)N2CCC(Nc3ccccc3)C2)cc1. The molecule has 132 valence electrons. The van der Waals surface area contributed by atoms with Crippen molar-refractivity contribution in [1.82, 2.24) is 4.90 Å². The van der Waals surface area contributed by atoms with Crippen LogP contribution in [-0.2, 0) is 11.2 Å². The molecule has 0 bridgehead atoms. The quantitative estimate of drug-likeness (QED) is 0.845. The Labute approximate surface area is 151 Å². The molecule has 25 heavy (non-hydrogen) atoms. The van der Waals surface area contributed by atoms with Crippen LogP contribution in [0.2, 0.25) is 0 Å². The second-order valence-electron chi connectivity index (χ2n) is 7.23. The first-order chi connectivity index (χ1) is 12.1. The van der Waals surface area contributed by atoms with E-state index < -0.39 is 0 Å². The molecule has 1 unspecified atom stereocenters. The van der Waals surface area contributed by atoms with Crippen LogP contribution in [0.5, 0.6) is 0 Å². The molecule has 1 aliphatic rings. The third kappa shape index (κ3) is 4.85. The zero-order chi connectivity index (χ0) is 17.6. The topological polar surface area (TPSA) is 32.3 Å². The maximum atomic E-state index is 12.5. The number of rotatable bonds is 6. The molecule has 1 heterocycles. The molecule has 3 rings (SSSR count). The third-order valence-electron chi connectivity index (χ3n) is 4.96. The minimum atomic E-state index is 0.269. The number of hydrogen-bond acceptors (Lipinski definition) is 2. The highest BCUT2D eigenvalue weighted by molar-refractivity contribution is 5.77. The van der Waals surface area contributed by atoms with Gasteiger partial charge in [0.2, 0.25) is 5.91 Å². The van der Waals surface area contributed by atoms with Gasteiger partial charge >= 0.3 is 0 Å². The van der Waals surface area contributed by atoms with Crippen molar-refractivity contribution < 1.29 is 4.79 Å². The monoisotopic (exact) mass is 336 g/mol. The van der Waals surface area contributed by atoms with E-state index in [1.54, 1.807) is 0 Å². The first-order valence-electron chi connectivity index (χ1n) is 9.30. The number of aryl methyl sites for hydroxylation is 1. The molecule has 2 aromatic rings. The summed E-state index contributed by atoms with van der Waals surface area (Å²) in [7, 11) is 0. The Morgan fingerprint density at radius 3 is 2.52 bits per heavy atom. The van der Waals surface area contributed by atoms with E-state index in [1.165, 1.54) is 11.1 Å². The van der Waals surface area contributed by atoms with Gasteiger partial charge in [0.15, 0.2) is 0 Å². The average molecular weight is 336 g/mol. The molecule has 0 aliphatic carbocycles. The van der Waals surface area contributed by atoms with Crippen molar-refractivity contribution >= 4 is 11.6 Å². The number of hydrogen-bond donors (Lipinski definition) is 1. The molecule has 1 fully saturated rings. The largest absolute Gasteiger partial charge is 0.380 e. The standard InChI is InChI=1S/C22H28N2O/c1-17(2)19-11-8-18(9-12-19)10-13-22(25)24-15-14-21(16-24)23-20-6-4-3-5-7-20/h3-9,11-12,17,21,23H,10,13-16H2,1-2H3. The van der Waals surface area contributed by atoms with Crippen molar-refractivity contribution in [2.75, 3.05) is 18.4 Å². The zero-order valence-corrected chi connectivity index (χ0v) is 15.2. The fourth-order valence-corrected chi connectivity index (χ4v) is 3.35. The van der Waals surface area contributed by atoms with Gasteiger partial charge in [-0.3, -0.25) is 4.79 Å². The molecule has 1 N–H and O–H groups in total. The average Bonchev–Trinajstić information content (AvgIpc) is 3.09. The number of benzene rings is 2. The summed E-state index contributed by atoms with van der Waals surface area (Å²) in [4.78, 5) is 14.5. The van der Waals surface area contributed by atoms with E-state index in [2.05, 4.69) is 55.6 Å². The summed E-state index contributed by atoms with van der Waals surface area (Å²) in [5, 5.41) is 3.52. The number of nitrogens with zero attached hydrogens (tertiary/aromatic N) is 1. The van der Waals surface area contributed by atoms with E-state index in [-0.39, 0.29) is 5.91 Å². The van der Waals surface area contributed by atoms with E-state index in [9.17, 15) is 4.79 Å². The number of carbonyl (C=O) groups excluding carboxylic acids is 1. The van der Waals surface area contributed by atoms with Crippen LogP contribution in [0.25, 0.3) is 0 Å². The van der Waals surface area contributed by atoms with Crippen molar-refractivity contribution in [1.29, 1.82) is 0 Å². The second kappa shape index (κ2) is 8.19. The van der Waals surface area contributed by atoms with Gasteiger partial charge in [-0.05, 0) is 42.0 Å². The highest BCUT2D eigenvalue weighted by atomic mass is 16.2. The molecule has 0 aromatic heterocycles. The molecule has 1 aliphatic heterocycles. The molecular weight excluding hydrogens is 308 g/mol. The lowest BCUT2D eigenvalue weighted by Crippen LogP contribution is -2.31. The first-order valence-corrected chi connectivity index (χ1v) is 9.30. The summed E-state index contributed by atoms with van der Waals surface area (Å²) in [6.45, 7) is 6.06. The Morgan fingerprint density at radius 1 is 1.12 bits per heavy atom. The lowest BCUT2D eigenvalue weighted by Gasteiger charge is -2.18. The van der Waals surface area contributed by atoms with Gasteiger partial charge in [0.1, 0.15) is 0 Å². The van der Waals surface area contributed by atoms with Crippen LogP contribution in [-0.4, -0.2) is 29.9 Å². The predicted molar refractivity (Wildman–Crippen MR) is 104 cm³/mol. The number of carbonyl (C=O) groups is 1. The Morgan fingerprint density at radius 2 is 1.84 bits per heavy atom. The van der Waals surface area contributed by atoms with Crippen molar-refractivity contribution in [2.45, 2.75) is 45.1 Å². The Hall–Kier alpha value is -2.29. The Bertz CT molecular complexity index is 679. The molecule has 0 spiro atoms. The number of likely N-dealkylation sites (tertiary alicyclic amines) is 1. The van der Waals surface area contributed by atoms with Gasteiger partial charge in [-0.15, -0.1) is 0 Å². The fraction of sp³-hybridized carbons (Fsp3) is 0.409. The first kappa shape index (κ1) is 17.5. The van der Waals surface area contributed by atoms with E-state index in [4.69, 9.17) is 0 Å². The van der Waals surface area contributed by atoms with Crippen LogP contribution in [0.3, 0.4) is 0 Å². The second-order valence-corrected chi connectivity index (χ2v) is 7.23. The smallest absolute Gasteiger partial charge is 0.222 e. The van der Waals surface area contributed by atoms with Gasteiger partial charge in [-0.25, -0.2) is 0 Å². The van der Waals surface area contributed by atoms with Crippen molar-refractivity contribution in [3.63, 3.8) is 0 Å². The van der Waals surface area contributed by atoms with E-state index in [1.807, 2.05) is 23.1 Å². The molecule has 0 saturated carbocycles. The highest BCUT2D eigenvalue weighted by Gasteiger charge is 2.25. The minimum Gasteiger partial charge on any atom is -0.380 e.